The van der Waals surface area contributed by atoms with Crippen LogP contribution in [0.3, 0.4) is 0 Å². The van der Waals surface area contributed by atoms with E-state index in [1.165, 1.54) is 0 Å². The van der Waals surface area contributed by atoms with Crippen molar-refractivity contribution in [3.05, 3.63) is 47.0 Å². The van der Waals surface area contributed by atoms with Crippen LogP contribution in [0.5, 0.6) is 11.5 Å². The van der Waals surface area contributed by atoms with Crippen molar-refractivity contribution in [2.75, 3.05) is 24.3 Å². The molecule has 5 nitrogen and oxygen atoms in total. The number of amides is 1. The van der Waals surface area contributed by atoms with Crippen LogP contribution < -0.4 is 20.5 Å². The van der Waals surface area contributed by atoms with E-state index in [1.54, 1.807) is 18.2 Å². The Labute approximate surface area is 133 Å². The fraction of sp³-hybridized carbons (Fsp3) is 0.188. The number of carbonyl (C=O) groups excluding carboxylic acids is 1. The summed E-state index contributed by atoms with van der Waals surface area (Å²) in [6.07, 6.45) is 0.235. The van der Waals surface area contributed by atoms with E-state index in [-0.39, 0.29) is 12.3 Å². The molecule has 0 atom stereocenters. The van der Waals surface area contributed by atoms with E-state index in [9.17, 15) is 4.79 Å². The Morgan fingerprint density at radius 3 is 2.68 bits per heavy atom. The molecule has 1 amide bonds. The van der Waals surface area contributed by atoms with Gasteiger partial charge in [-0.2, -0.15) is 0 Å². The van der Waals surface area contributed by atoms with Gasteiger partial charge in [0.25, 0.3) is 0 Å². The first kappa shape index (κ1) is 14.5. The minimum Gasteiger partial charge on any atom is -0.486 e. The number of rotatable bonds is 3. The first-order valence-electron chi connectivity index (χ1n) is 6.85. The average Bonchev–Trinajstić information content (AvgIpc) is 2.51. The summed E-state index contributed by atoms with van der Waals surface area (Å²) in [7, 11) is 0. The summed E-state index contributed by atoms with van der Waals surface area (Å²) < 4.78 is 11.0. The number of nitrogen functional groups attached to an aromatic ring is 1. The number of carbonyl (C=O) groups is 1. The summed E-state index contributed by atoms with van der Waals surface area (Å²) in [5.41, 5.74) is 7.61. The predicted octanol–water partition coefficient (Wildman–Crippen LogP) is 2.87. The monoisotopic (exact) mass is 318 g/mol. The fourth-order valence-electron chi connectivity index (χ4n) is 2.21. The zero-order chi connectivity index (χ0) is 15.5. The molecule has 2 aromatic carbocycles. The molecule has 0 radical (unpaired) electrons. The Bertz CT molecular complexity index is 719. The predicted molar refractivity (Wildman–Crippen MR) is 85.6 cm³/mol. The molecule has 6 heteroatoms. The number of benzene rings is 2. The molecule has 0 spiro atoms. The van der Waals surface area contributed by atoms with Crippen LogP contribution in [0.1, 0.15) is 5.56 Å². The topological polar surface area (TPSA) is 73.6 Å². The summed E-state index contributed by atoms with van der Waals surface area (Å²) in [5.74, 6) is 1.24. The lowest BCUT2D eigenvalue weighted by Crippen LogP contribution is -2.17. The number of fused-ring (bicyclic) bond motifs is 1. The van der Waals surface area contributed by atoms with Crippen LogP contribution in [0.15, 0.2) is 36.4 Å². The van der Waals surface area contributed by atoms with Gasteiger partial charge in [-0.1, -0.05) is 17.7 Å². The highest BCUT2D eigenvalue weighted by atomic mass is 35.5. The van der Waals surface area contributed by atoms with E-state index in [0.29, 0.717) is 41.1 Å². The Morgan fingerprint density at radius 1 is 1.14 bits per heavy atom. The fourth-order valence-corrected chi connectivity index (χ4v) is 2.33. The zero-order valence-corrected chi connectivity index (χ0v) is 12.5. The standard InChI is InChI=1S/C16H15ClN2O3/c17-12-3-2-11(9-13(12)18)19-16(20)8-10-1-4-14-15(7-10)22-6-5-21-14/h1-4,7,9H,5-6,8,18H2,(H,19,20). The maximum Gasteiger partial charge on any atom is 0.228 e. The van der Waals surface area contributed by atoms with E-state index < -0.39 is 0 Å². The van der Waals surface area contributed by atoms with Crippen LogP contribution in [0.4, 0.5) is 11.4 Å². The third kappa shape index (κ3) is 3.26. The van der Waals surface area contributed by atoms with Gasteiger partial charge in [0, 0.05) is 5.69 Å². The van der Waals surface area contributed by atoms with Gasteiger partial charge in [0.15, 0.2) is 11.5 Å². The molecule has 3 N–H and O–H groups in total. The van der Waals surface area contributed by atoms with Gasteiger partial charge in [-0.3, -0.25) is 4.79 Å². The lowest BCUT2D eigenvalue weighted by Gasteiger charge is -2.18. The van der Waals surface area contributed by atoms with Crippen molar-refractivity contribution in [2.45, 2.75) is 6.42 Å². The van der Waals surface area contributed by atoms with Crippen molar-refractivity contribution in [3.63, 3.8) is 0 Å². The van der Waals surface area contributed by atoms with Gasteiger partial charge in [-0.05, 0) is 35.9 Å². The van der Waals surface area contributed by atoms with Gasteiger partial charge >= 0.3 is 0 Å². The maximum atomic E-state index is 12.1. The molecular formula is C16H15ClN2O3. The maximum absolute atomic E-state index is 12.1. The van der Waals surface area contributed by atoms with E-state index in [1.807, 2.05) is 18.2 Å². The van der Waals surface area contributed by atoms with Crippen LogP contribution in [0.2, 0.25) is 5.02 Å². The molecule has 2 aromatic rings. The number of anilines is 2. The second-order valence-electron chi connectivity index (χ2n) is 4.94. The zero-order valence-electron chi connectivity index (χ0n) is 11.8. The number of hydrogen-bond acceptors (Lipinski definition) is 4. The van der Waals surface area contributed by atoms with Gasteiger partial charge in [-0.15, -0.1) is 0 Å². The lowest BCUT2D eigenvalue weighted by atomic mass is 10.1. The lowest BCUT2D eigenvalue weighted by molar-refractivity contribution is -0.115. The Kier molecular flexibility index (Phi) is 4.06. The molecule has 0 bridgehead atoms. The summed E-state index contributed by atoms with van der Waals surface area (Å²) in [4.78, 5) is 12.1. The number of halogens is 1. The third-order valence-electron chi connectivity index (χ3n) is 3.25. The highest BCUT2D eigenvalue weighted by Crippen LogP contribution is 2.31. The van der Waals surface area contributed by atoms with Crippen molar-refractivity contribution in [1.82, 2.24) is 0 Å². The smallest absolute Gasteiger partial charge is 0.228 e. The molecule has 0 unspecified atom stereocenters. The van der Waals surface area contributed by atoms with Crippen molar-refractivity contribution in [1.29, 1.82) is 0 Å². The molecule has 3 rings (SSSR count). The van der Waals surface area contributed by atoms with Gasteiger partial charge in [0.1, 0.15) is 13.2 Å². The molecule has 114 valence electrons. The Morgan fingerprint density at radius 2 is 1.91 bits per heavy atom. The normalized spacial score (nSPS) is 12.8. The van der Waals surface area contributed by atoms with Crippen LogP contribution >= 0.6 is 11.6 Å². The van der Waals surface area contributed by atoms with Crippen LogP contribution in [0, 0.1) is 0 Å². The molecule has 0 aromatic heterocycles. The van der Waals surface area contributed by atoms with Crippen molar-refractivity contribution in [3.8, 4) is 11.5 Å². The molecule has 1 heterocycles. The Hall–Kier alpha value is -2.40. The largest absolute Gasteiger partial charge is 0.486 e. The third-order valence-corrected chi connectivity index (χ3v) is 3.60. The first-order valence-corrected chi connectivity index (χ1v) is 7.23. The number of hydrogen-bond donors (Lipinski definition) is 2. The summed E-state index contributed by atoms with van der Waals surface area (Å²) >= 11 is 5.85. The molecule has 22 heavy (non-hydrogen) atoms. The molecule has 1 aliphatic heterocycles. The van der Waals surface area contributed by atoms with E-state index in [2.05, 4.69) is 5.32 Å². The summed E-state index contributed by atoms with van der Waals surface area (Å²) in [6, 6.07) is 10.5. The second-order valence-corrected chi connectivity index (χ2v) is 5.35. The molecular weight excluding hydrogens is 304 g/mol. The van der Waals surface area contributed by atoms with Crippen LogP contribution in [0.25, 0.3) is 0 Å². The molecule has 1 aliphatic rings. The first-order chi connectivity index (χ1) is 10.6. The number of nitrogens with one attached hydrogen (secondary N) is 1. The highest BCUT2D eigenvalue weighted by molar-refractivity contribution is 6.33. The summed E-state index contributed by atoms with van der Waals surface area (Å²) in [5, 5.41) is 3.25. The van der Waals surface area contributed by atoms with Crippen molar-refractivity contribution in [2.24, 2.45) is 0 Å². The average molecular weight is 319 g/mol. The molecule has 0 fully saturated rings. The van der Waals surface area contributed by atoms with Gasteiger partial charge in [0.05, 0.1) is 17.1 Å². The SMILES string of the molecule is Nc1cc(NC(=O)Cc2ccc3c(c2)OCCO3)ccc1Cl. The van der Waals surface area contributed by atoms with Crippen molar-refractivity contribution < 1.29 is 14.3 Å². The number of ether oxygens (including phenoxy) is 2. The summed E-state index contributed by atoms with van der Waals surface area (Å²) in [6.45, 7) is 1.07. The van der Waals surface area contributed by atoms with E-state index >= 15 is 0 Å². The molecule has 0 saturated carbocycles. The molecule has 0 aliphatic carbocycles. The van der Waals surface area contributed by atoms with Gasteiger partial charge in [-0.25, -0.2) is 0 Å². The minimum atomic E-state index is -0.140. The highest BCUT2D eigenvalue weighted by Gasteiger charge is 2.13. The van der Waals surface area contributed by atoms with E-state index in [0.717, 1.165) is 5.56 Å². The van der Waals surface area contributed by atoms with Crippen LogP contribution in [-0.2, 0) is 11.2 Å². The van der Waals surface area contributed by atoms with E-state index in [4.69, 9.17) is 26.8 Å². The van der Waals surface area contributed by atoms with Crippen molar-refractivity contribution >= 4 is 28.9 Å². The van der Waals surface area contributed by atoms with Crippen LogP contribution in [-0.4, -0.2) is 19.1 Å². The van der Waals surface area contributed by atoms with Gasteiger partial charge in [0.2, 0.25) is 5.91 Å². The number of nitrogens with two attached hydrogens (primary N) is 1. The van der Waals surface area contributed by atoms with Gasteiger partial charge < -0.3 is 20.5 Å². The molecule has 0 saturated heterocycles. The minimum absolute atomic E-state index is 0.140. The quantitative estimate of drug-likeness (QED) is 0.853. The second kappa shape index (κ2) is 6.15. The Balaban J connectivity index is 1.67.